The maximum Gasteiger partial charge on any atom is 0.338 e. The minimum absolute atomic E-state index is 0.167. The molecule has 0 aliphatic carbocycles. The normalized spacial score (nSPS) is 10.6. The maximum absolute atomic E-state index is 11.5. The first-order valence-electron chi connectivity index (χ1n) is 11.2. The number of rotatable bonds is 12. The predicted molar refractivity (Wildman–Crippen MR) is 128 cm³/mol. The van der Waals surface area contributed by atoms with Crippen LogP contribution in [0.5, 0.6) is 5.75 Å². The van der Waals surface area contributed by atoms with Crippen molar-refractivity contribution >= 4 is 5.97 Å². The Labute approximate surface area is 188 Å². The van der Waals surface area contributed by atoms with Gasteiger partial charge in [0.05, 0.1) is 19.3 Å². The zero-order valence-corrected chi connectivity index (χ0v) is 19.6. The molecule has 0 heterocycles. The van der Waals surface area contributed by atoms with Crippen LogP contribution < -0.4 is 4.74 Å². The summed E-state index contributed by atoms with van der Waals surface area (Å²) in [6.07, 6.45) is 9.66. The minimum Gasteiger partial charge on any atom is -0.498 e. The van der Waals surface area contributed by atoms with E-state index in [0.29, 0.717) is 11.3 Å². The lowest BCUT2D eigenvalue weighted by Crippen LogP contribution is -2.08. The van der Waals surface area contributed by atoms with Crippen LogP contribution in [0.15, 0.2) is 66.4 Å². The quantitative estimate of drug-likeness (QED) is 0.206. The number of aryl methyl sites for hydroxylation is 1. The van der Waals surface area contributed by atoms with E-state index in [9.17, 15) is 4.79 Å². The molecule has 0 saturated carbocycles. The van der Waals surface area contributed by atoms with E-state index in [2.05, 4.69) is 26.0 Å². The van der Waals surface area contributed by atoms with Crippen molar-refractivity contribution < 1.29 is 19.0 Å². The highest BCUT2D eigenvalue weighted by Crippen LogP contribution is 2.12. The van der Waals surface area contributed by atoms with E-state index in [1.54, 1.807) is 37.5 Å². The fourth-order valence-electron chi connectivity index (χ4n) is 2.76. The van der Waals surface area contributed by atoms with Crippen molar-refractivity contribution in [1.29, 1.82) is 0 Å². The Hall–Kier alpha value is -2.75. The van der Waals surface area contributed by atoms with Gasteiger partial charge in [-0.25, -0.2) is 4.79 Å². The summed E-state index contributed by atoms with van der Waals surface area (Å²) in [4.78, 5) is 11.5. The van der Waals surface area contributed by atoms with Crippen LogP contribution in [-0.2, 0) is 9.47 Å². The van der Waals surface area contributed by atoms with Crippen LogP contribution in [-0.4, -0.2) is 26.3 Å². The zero-order valence-electron chi connectivity index (χ0n) is 19.6. The van der Waals surface area contributed by atoms with E-state index in [4.69, 9.17) is 14.2 Å². The molecule has 2 aromatic carbocycles. The van der Waals surface area contributed by atoms with Gasteiger partial charge in [0.1, 0.15) is 18.1 Å². The van der Waals surface area contributed by atoms with Crippen molar-refractivity contribution in [3.63, 3.8) is 0 Å². The Morgan fingerprint density at radius 3 is 2.16 bits per heavy atom. The Morgan fingerprint density at radius 2 is 1.55 bits per heavy atom. The Bertz CT molecular complexity index is 736. The minimum atomic E-state index is -0.341. The summed E-state index contributed by atoms with van der Waals surface area (Å²) in [5.74, 6) is 1.30. The lowest BCUT2D eigenvalue weighted by Gasteiger charge is -2.06. The van der Waals surface area contributed by atoms with Crippen LogP contribution in [0, 0.1) is 6.92 Å². The molecule has 0 bridgehead atoms. The molecule has 0 N–H and O–H groups in total. The van der Waals surface area contributed by atoms with Crippen molar-refractivity contribution in [3.8, 4) is 5.75 Å². The highest BCUT2D eigenvalue weighted by Gasteiger charge is 2.06. The van der Waals surface area contributed by atoms with E-state index < -0.39 is 0 Å². The van der Waals surface area contributed by atoms with E-state index in [1.165, 1.54) is 44.1 Å². The summed E-state index contributed by atoms with van der Waals surface area (Å²) in [5, 5.41) is 0. The molecule has 0 radical (unpaired) electrons. The smallest absolute Gasteiger partial charge is 0.338 e. The van der Waals surface area contributed by atoms with Gasteiger partial charge in [0, 0.05) is 0 Å². The van der Waals surface area contributed by atoms with Crippen molar-refractivity contribution in [3.05, 3.63) is 77.6 Å². The molecule has 4 heteroatoms. The third kappa shape index (κ3) is 12.5. The molecule has 0 saturated heterocycles. The zero-order chi connectivity index (χ0) is 22.7. The molecule has 0 atom stereocenters. The number of carbonyl (C=O) groups excluding carboxylic acids is 1. The number of benzene rings is 2. The molecule has 2 rings (SSSR count). The van der Waals surface area contributed by atoms with E-state index in [0.717, 1.165) is 12.4 Å². The molecule has 0 fully saturated rings. The second-order valence-electron chi connectivity index (χ2n) is 7.33. The lowest BCUT2D eigenvalue weighted by molar-refractivity contribution is 0.0485. The number of unbranched alkanes of at least 4 members (excludes halogenated alkanes) is 5. The van der Waals surface area contributed by atoms with Crippen LogP contribution >= 0.6 is 0 Å². The summed E-state index contributed by atoms with van der Waals surface area (Å²) in [6, 6.07) is 17.2. The van der Waals surface area contributed by atoms with Crippen molar-refractivity contribution in [2.75, 3.05) is 20.3 Å². The van der Waals surface area contributed by atoms with Crippen LogP contribution in [0.3, 0.4) is 0 Å². The van der Waals surface area contributed by atoms with Gasteiger partial charge in [-0.05, 0) is 50.6 Å². The van der Waals surface area contributed by atoms with Gasteiger partial charge in [0.25, 0.3) is 0 Å². The summed E-state index contributed by atoms with van der Waals surface area (Å²) in [7, 11) is 1.55. The predicted octanol–water partition coefficient (Wildman–Crippen LogP) is 7.13. The average molecular weight is 427 g/mol. The molecule has 31 heavy (non-hydrogen) atoms. The Kier molecular flexibility index (Phi) is 14.4. The first kappa shape index (κ1) is 26.3. The Balaban J connectivity index is 0.000000311. The van der Waals surface area contributed by atoms with Gasteiger partial charge < -0.3 is 14.2 Å². The Morgan fingerprint density at radius 1 is 0.903 bits per heavy atom. The largest absolute Gasteiger partial charge is 0.498 e. The van der Waals surface area contributed by atoms with Crippen molar-refractivity contribution in [1.82, 2.24) is 0 Å². The standard InChI is InChI=1S/C15H24O.C12H14O3/c1-3-4-5-6-7-8-13-16-15-11-9-14(2)10-12-15;1-3-11(14-2)9-15-12(13)10-7-5-4-6-8-10/h9-12H,3-8,13H2,1-2H3;3-8H,9H2,1-2H3/b;11-3-. The lowest BCUT2D eigenvalue weighted by atomic mass is 10.1. The molecule has 170 valence electrons. The number of carbonyl (C=O) groups is 1. The fraction of sp³-hybridized carbons (Fsp3) is 0.444. The second kappa shape index (κ2) is 17.0. The molecule has 2 aromatic rings. The number of ether oxygens (including phenoxy) is 3. The summed E-state index contributed by atoms with van der Waals surface area (Å²) in [5.41, 5.74) is 1.83. The summed E-state index contributed by atoms with van der Waals surface area (Å²) < 4.78 is 15.7. The van der Waals surface area contributed by atoms with Crippen molar-refractivity contribution in [2.45, 2.75) is 59.3 Å². The number of hydrogen-bond donors (Lipinski definition) is 0. The molecule has 0 aromatic heterocycles. The van der Waals surface area contributed by atoms with Crippen LogP contribution in [0.1, 0.15) is 68.3 Å². The number of esters is 1. The molecular formula is C27H38O4. The van der Waals surface area contributed by atoms with Gasteiger partial charge in [-0.2, -0.15) is 0 Å². The SMILES string of the molecule is C/C=C(/COC(=O)c1ccccc1)OC.CCCCCCCCOc1ccc(C)cc1. The third-order valence-corrected chi connectivity index (χ3v) is 4.73. The molecule has 4 nitrogen and oxygen atoms in total. The van der Waals surface area contributed by atoms with E-state index in [1.807, 2.05) is 25.1 Å². The van der Waals surface area contributed by atoms with Crippen molar-refractivity contribution in [2.24, 2.45) is 0 Å². The van der Waals surface area contributed by atoms with Gasteiger partial charge in [0.15, 0.2) is 0 Å². The maximum atomic E-state index is 11.5. The van der Waals surface area contributed by atoms with Gasteiger partial charge in [-0.3, -0.25) is 0 Å². The highest BCUT2D eigenvalue weighted by molar-refractivity contribution is 5.89. The molecule has 0 aliphatic rings. The van der Waals surface area contributed by atoms with Gasteiger partial charge >= 0.3 is 5.97 Å². The molecule has 0 amide bonds. The summed E-state index contributed by atoms with van der Waals surface area (Å²) >= 11 is 0. The summed E-state index contributed by atoms with van der Waals surface area (Å²) in [6.45, 7) is 7.20. The van der Waals surface area contributed by atoms with Gasteiger partial charge in [-0.15, -0.1) is 0 Å². The monoisotopic (exact) mass is 426 g/mol. The van der Waals surface area contributed by atoms with Crippen LogP contribution in [0.2, 0.25) is 0 Å². The van der Waals surface area contributed by atoms with E-state index in [-0.39, 0.29) is 12.6 Å². The second-order valence-corrected chi connectivity index (χ2v) is 7.33. The highest BCUT2D eigenvalue weighted by atomic mass is 16.6. The third-order valence-electron chi connectivity index (χ3n) is 4.73. The number of allylic oxidation sites excluding steroid dienone is 1. The van der Waals surface area contributed by atoms with Gasteiger partial charge in [-0.1, -0.05) is 74.9 Å². The van der Waals surface area contributed by atoms with E-state index >= 15 is 0 Å². The molecular weight excluding hydrogens is 388 g/mol. The topological polar surface area (TPSA) is 44.8 Å². The van der Waals surface area contributed by atoms with Crippen LogP contribution in [0.4, 0.5) is 0 Å². The number of methoxy groups -OCH3 is 1. The average Bonchev–Trinajstić information content (AvgIpc) is 2.81. The first-order chi connectivity index (χ1) is 15.1. The van der Waals surface area contributed by atoms with Crippen LogP contribution in [0.25, 0.3) is 0 Å². The first-order valence-corrected chi connectivity index (χ1v) is 11.2. The van der Waals surface area contributed by atoms with Gasteiger partial charge in [0.2, 0.25) is 0 Å². The number of hydrogen-bond acceptors (Lipinski definition) is 4. The fourth-order valence-corrected chi connectivity index (χ4v) is 2.76. The molecule has 0 unspecified atom stereocenters. The molecule has 0 aliphatic heterocycles. The molecule has 0 spiro atoms.